The van der Waals surface area contributed by atoms with Crippen molar-refractivity contribution >= 4 is 15.9 Å². The van der Waals surface area contributed by atoms with Crippen molar-refractivity contribution in [2.75, 3.05) is 7.11 Å². The van der Waals surface area contributed by atoms with Gasteiger partial charge in [0.25, 0.3) is 0 Å². The summed E-state index contributed by atoms with van der Waals surface area (Å²) in [5, 5.41) is 14.2. The van der Waals surface area contributed by atoms with E-state index in [4.69, 9.17) is 4.74 Å². The highest BCUT2D eigenvalue weighted by molar-refractivity contribution is 9.10. The highest BCUT2D eigenvalue weighted by Crippen LogP contribution is 2.31. The van der Waals surface area contributed by atoms with Crippen molar-refractivity contribution in [3.63, 3.8) is 0 Å². The Balaban J connectivity index is 1.50. The van der Waals surface area contributed by atoms with Gasteiger partial charge in [-0.3, -0.25) is 14.1 Å². The van der Waals surface area contributed by atoms with Crippen molar-refractivity contribution in [3.8, 4) is 34.1 Å². The third-order valence-electron chi connectivity index (χ3n) is 6.24. The van der Waals surface area contributed by atoms with Gasteiger partial charge in [0.1, 0.15) is 11.4 Å². The van der Waals surface area contributed by atoms with Crippen molar-refractivity contribution in [1.82, 2.24) is 34.7 Å². The van der Waals surface area contributed by atoms with E-state index < -0.39 is 0 Å². The number of unbranched alkanes of at least 4 members (excludes halogenated alkanes) is 1. The van der Waals surface area contributed by atoms with Crippen molar-refractivity contribution in [3.05, 3.63) is 93.2 Å². The molecule has 9 nitrogen and oxygen atoms in total. The van der Waals surface area contributed by atoms with Crippen LogP contribution in [0.15, 0.2) is 76.3 Å². The number of methoxy groups -OCH3 is 1. The molecule has 0 unspecified atom stereocenters. The molecule has 1 N–H and O–H groups in total. The number of imidazole rings is 1. The van der Waals surface area contributed by atoms with Gasteiger partial charge in [-0.25, -0.2) is 9.89 Å². The van der Waals surface area contributed by atoms with Gasteiger partial charge in [0, 0.05) is 33.7 Å². The molecule has 0 fully saturated rings. The zero-order chi connectivity index (χ0) is 25.8. The highest BCUT2D eigenvalue weighted by Gasteiger charge is 2.18. The summed E-state index contributed by atoms with van der Waals surface area (Å²) in [6.07, 6.45) is 6.52. The second-order valence-corrected chi connectivity index (χ2v) is 9.45. The monoisotopic (exact) mass is 559 g/mol. The van der Waals surface area contributed by atoms with E-state index in [-0.39, 0.29) is 5.69 Å². The number of aromatic amines is 1. The van der Waals surface area contributed by atoms with Crippen molar-refractivity contribution < 1.29 is 4.74 Å². The van der Waals surface area contributed by atoms with E-state index in [2.05, 4.69) is 48.5 Å². The van der Waals surface area contributed by atoms with Crippen LogP contribution in [0.5, 0.6) is 5.75 Å². The van der Waals surface area contributed by atoms with E-state index in [9.17, 15) is 4.79 Å². The van der Waals surface area contributed by atoms with Gasteiger partial charge in [-0.15, -0.1) is 5.10 Å². The van der Waals surface area contributed by atoms with Gasteiger partial charge in [-0.1, -0.05) is 43.7 Å². The Labute approximate surface area is 222 Å². The minimum atomic E-state index is -0.106. The van der Waals surface area contributed by atoms with Crippen molar-refractivity contribution in [1.29, 1.82) is 0 Å². The molecular weight excluding hydrogens is 534 g/mol. The zero-order valence-electron chi connectivity index (χ0n) is 20.6. The number of halogens is 1. The number of ether oxygens (including phenoxy) is 1. The Morgan fingerprint density at radius 2 is 1.92 bits per heavy atom. The van der Waals surface area contributed by atoms with Crippen LogP contribution < -0.4 is 10.4 Å². The number of benzene rings is 2. The van der Waals surface area contributed by atoms with Crippen LogP contribution in [0.3, 0.4) is 0 Å². The fourth-order valence-electron chi connectivity index (χ4n) is 4.36. The first-order chi connectivity index (χ1) is 18.1. The average molecular weight is 560 g/mol. The molecule has 188 valence electrons. The van der Waals surface area contributed by atoms with Gasteiger partial charge in [0.15, 0.2) is 5.82 Å². The van der Waals surface area contributed by atoms with Crippen LogP contribution in [-0.2, 0) is 13.0 Å². The minimum Gasteiger partial charge on any atom is -0.495 e. The predicted octanol–water partition coefficient (Wildman–Crippen LogP) is 5.04. The molecule has 3 heterocycles. The number of tetrazole rings is 1. The van der Waals surface area contributed by atoms with Crippen molar-refractivity contribution in [2.45, 2.75) is 32.7 Å². The number of nitrogens with one attached hydrogen (secondary N) is 1. The predicted molar refractivity (Wildman–Crippen MR) is 145 cm³/mol. The number of H-pyrrole nitrogens is 1. The summed E-state index contributed by atoms with van der Waals surface area (Å²) in [5.74, 6) is 1.19. The molecule has 0 saturated heterocycles. The van der Waals surface area contributed by atoms with Gasteiger partial charge in [0.2, 0.25) is 0 Å². The summed E-state index contributed by atoms with van der Waals surface area (Å²) in [7, 11) is 1.61. The quantitative estimate of drug-likeness (QED) is 0.271. The van der Waals surface area contributed by atoms with Crippen LogP contribution in [0.25, 0.3) is 28.3 Å². The number of pyridine rings is 1. The molecule has 5 rings (SSSR count). The van der Waals surface area contributed by atoms with E-state index in [0.29, 0.717) is 23.8 Å². The highest BCUT2D eigenvalue weighted by atomic mass is 79.9. The van der Waals surface area contributed by atoms with E-state index in [1.54, 1.807) is 17.9 Å². The van der Waals surface area contributed by atoms with Crippen LogP contribution in [0, 0.1) is 0 Å². The third-order valence-corrected chi connectivity index (χ3v) is 6.88. The maximum atomic E-state index is 13.7. The second kappa shape index (κ2) is 10.9. The lowest BCUT2D eigenvalue weighted by atomic mass is 10.0. The summed E-state index contributed by atoms with van der Waals surface area (Å²) in [5.41, 5.74) is 5.12. The molecule has 0 atom stereocenters. The number of hydrogen-bond donors (Lipinski definition) is 1. The maximum Gasteiger partial charge on any atom is 0.333 e. The fourth-order valence-corrected chi connectivity index (χ4v) is 4.90. The summed E-state index contributed by atoms with van der Waals surface area (Å²) < 4.78 is 9.87. The smallest absolute Gasteiger partial charge is 0.333 e. The molecule has 2 aromatic carbocycles. The number of nitrogens with zero attached hydrogens (tertiary/aromatic N) is 6. The standard InChI is InChI=1S/C27H26BrN7O2/c1-3-4-7-20-17-35(25-22(28)9-5-10-23(25)37-2)27(36)34(20)16-18-11-13-19(14-12-18)24-21(8-6-15-29-24)26-30-32-33-31-26/h5-6,8-15,17H,3-4,7,16H2,1-2H3,(H,30,31,32,33). The summed E-state index contributed by atoms with van der Waals surface area (Å²) >= 11 is 3.59. The number of aromatic nitrogens is 7. The lowest BCUT2D eigenvalue weighted by Crippen LogP contribution is -2.25. The summed E-state index contributed by atoms with van der Waals surface area (Å²) in [6.45, 7) is 2.61. The van der Waals surface area contributed by atoms with Gasteiger partial charge in [-0.05, 0) is 69.0 Å². The molecule has 0 bridgehead atoms. The summed E-state index contributed by atoms with van der Waals surface area (Å²) in [4.78, 5) is 18.2. The Morgan fingerprint density at radius 1 is 1.08 bits per heavy atom. The van der Waals surface area contributed by atoms with Crippen LogP contribution in [0.2, 0.25) is 0 Å². The molecule has 0 saturated carbocycles. The van der Waals surface area contributed by atoms with Crippen LogP contribution >= 0.6 is 15.9 Å². The fraction of sp³-hybridized carbons (Fsp3) is 0.222. The molecule has 3 aromatic heterocycles. The molecule has 0 radical (unpaired) electrons. The zero-order valence-corrected chi connectivity index (χ0v) is 22.1. The van der Waals surface area contributed by atoms with Crippen LogP contribution in [-0.4, -0.2) is 41.9 Å². The molecule has 0 spiro atoms. The molecule has 0 aliphatic carbocycles. The molecule has 37 heavy (non-hydrogen) atoms. The molecule has 0 aliphatic heterocycles. The third kappa shape index (κ3) is 4.97. The van der Waals surface area contributed by atoms with Gasteiger partial charge < -0.3 is 4.74 Å². The Bertz CT molecular complexity index is 1560. The largest absolute Gasteiger partial charge is 0.495 e. The molecular formula is C27H26BrN7O2. The SMILES string of the molecule is CCCCc1cn(-c2c(Br)cccc2OC)c(=O)n1Cc1ccc(-c2ncccc2-c2nnn[nH]2)cc1. The van der Waals surface area contributed by atoms with E-state index in [0.717, 1.165) is 51.8 Å². The van der Waals surface area contributed by atoms with Gasteiger partial charge in [-0.2, -0.15) is 0 Å². The number of rotatable bonds is 9. The van der Waals surface area contributed by atoms with Crippen molar-refractivity contribution in [2.24, 2.45) is 0 Å². The molecule has 5 aromatic rings. The van der Waals surface area contributed by atoms with Crippen LogP contribution in [0.1, 0.15) is 31.0 Å². The Kier molecular flexibility index (Phi) is 7.27. The van der Waals surface area contributed by atoms with Gasteiger partial charge in [0.05, 0.1) is 19.3 Å². The number of hydrogen-bond acceptors (Lipinski definition) is 6. The first-order valence-corrected chi connectivity index (χ1v) is 12.8. The Morgan fingerprint density at radius 3 is 2.65 bits per heavy atom. The van der Waals surface area contributed by atoms with E-state index in [1.165, 1.54) is 0 Å². The van der Waals surface area contributed by atoms with Crippen LogP contribution in [0.4, 0.5) is 0 Å². The first-order valence-electron chi connectivity index (χ1n) is 12.0. The number of para-hydroxylation sites is 1. The number of aryl methyl sites for hydroxylation is 1. The minimum absolute atomic E-state index is 0.106. The molecule has 0 amide bonds. The maximum absolute atomic E-state index is 13.7. The van der Waals surface area contributed by atoms with E-state index >= 15 is 0 Å². The second-order valence-electron chi connectivity index (χ2n) is 8.60. The van der Waals surface area contributed by atoms with Gasteiger partial charge >= 0.3 is 5.69 Å². The van der Waals surface area contributed by atoms with E-state index in [1.807, 2.05) is 65.4 Å². The normalized spacial score (nSPS) is 11.1. The lowest BCUT2D eigenvalue weighted by molar-refractivity contribution is 0.412. The molecule has 0 aliphatic rings. The topological polar surface area (TPSA) is 104 Å². The first kappa shape index (κ1) is 24.6. The Hall–Kier alpha value is -4.05. The molecule has 10 heteroatoms. The average Bonchev–Trinajstić information content (AvgIpc) is 3.57. The lowest BCUT2D eigenvalue weighted by Gasteiger charge is -2.11. The summed E-state index contributed by atoms with van der Waals surface area (Å²) in [6, 6.07) is 17.5.